The van der Waals surface area contributed by atoms with Crippen LogP contribution in [0.5, 0.6) is 0 Å². The second kappa shape index (κ2) is 6.68. The lowest BCUT2D eigenvalue weighted by Crippen LogP contribution is -2.15. The van der Waals surface area contributed by atoms with E-state index in [2.05, 4.69) is 18.8 Å². The van der Waals surface area contributed by atoms with Crippen LogP contribution >= 0.6 is 11.8 Å². The van der Waals surface area contributed by atoms with Gasteiger partial charge in [0.1, 0.15) is 11.6 Å². The van der Waals surface area contributed by atoms with Gasteiger partial charge in [0.05, 0.1) is 7.11 Å². The molecule has 0 amide bonds. The molecule has 18 heavy (non-hydrogen) atoms. The van der Waals surface area contributed by atoms with Crippen LogP contribution in [-0.4, -0.2) is 34.1 Å². The van der Waals surface area contributed by atoms with Gasteiger partial charge in [-0.15, -0.1) is 0 Å². The van der Waals surface area contributed by atoms with Gasteiger partial charge in [0.2, 0.25) is 0 Å². The summed E-state index contributed by atoms with van der Waals surface area (Å²) in [5.41, 5.74) is 6.24. The number of esters is 1. The molecule has 5 nitrogen and oxygen atoms in total. The van der Waals surface area contributed by atoms with E-state index in [4.69, 9.17) is 10.5 Å². The number of aryl methyl sites for hydroxylation is 1. The number of nitrogen functional groups attached to an aromatic ring is 1. The van der Waals surface area contributed by atoms with Gasteiger partial charge in [-0.05, 0) is 12.7 Å². The van der Waals surface area contributed by atoms with Crippen molar-refractivity contribution < 1.29 is 9.53 Å². The van der Waals surface area contributed by atoms with Gasteiger partial charge in [-0.1, -0.05) is 13.8 Å². The van der Waals surface area contributed by atoms with Crippen LogP contribution in [0.15, 0.2) is 0 Å². The number of methoxy groups -OCH3 is 1. The lowest BCUT2D eigenvalue weighted by Gasteiger charge is -2.17. The smallest absolute Gasteiger partial charge is 0.360 e. The van der Waals surface area contributed by atoms with Crippen LogP contribution in [0.2, 0.25) is 0 Å². The molecule has 102 valence electrons. The van der Waals surface area contributed by atoms with Crippen LogP contribution in [0, 0.1) is 0 Å². The Balaban J connectivity index is 3.09. The summed E-state index contributed by atoms with van der Waals surface area (Å²) in [5.74, 6) is 2.77. The van der Waals surface area contributed by atoms with Crippen molar-refractivity contribution in [2.45, 2.75) is 33.2 Å². The van der Waals surface area contributed by atoms with E-state index in [1.165, 1.54) is 7.11 Å². The van der Waals surface area contributed by atoms with Gasteiger partial charge in [-0.2, -0.15) is 11.8 Å². The average molecular weight is 271 g/mol. The maximum Gasteiger partial charge on any atom is 0.360 e. The highest BCUT2D eigenvalue weighted by atomic mass is 32.2. The Morgan fingerprint density at radius 3 is 2.72 bits per heavy atom. The fraction of sp³-hybridized carbons (Fsp3) is 0.667. The second-order valence-corrected chi connectivity index (χ2v) is 5.30. The maximum absolute atomic E-state index is 11.6. The first-order chi connectivity index (χ1) is 8.56. The number of nitrogens with zero attached hydrogens (tertiary/aromatic N) is 2. The molecule has 1 aromatic rings. The third-order valence-corrected chi connectivity index (χ3v) is 3.85. The van der Waals surface area contributed by atoms with Crippen LogP contribution < -0.4 is 5.73 Å². The van der Waals surface area contributed by atoms with Crippen LogP contribution in [0.4, 0.5) is 5.82 Å². The number of carbonyl (C=O) groups excluding carboxylic acids is 1. The minimum atomic E-state index is -0.476. The van der Waals surface area contributed by atoms with Crippen LogP contribution in [0.25, 0.3) is 0 Å². The monoisotopic (exact) mass is 271 g/mol. The van der Waals surface area contributed by atoms with E-state index in [0.29, 0.717) is 5.82 Å². The van der Waals surface area contributed by atoms with Gasteiger partial charge in [0.15, 0.2) is 5.69 Å². The Hall–Kier alpha value is -1.17. The van der Waals surface area contributed by atoms with E-state index in [0.717, 1.165) is 23.8 Å². The summed E-state index contributed by atoms with van der Waals surface area (Å²) in [6.45, 7) is 6.20. The first kappa shape index (κ1) is 14.9. The highest BCUT2D eigenvalue weighted by Crippen LogP contribution is 2.24. The standard InChI is InChI=1S/C12H21N3O2S/c1-5-9-14-10(12(16)17-4)11(13)15(9)8(3)7-18-6-2/h8H,5-7,13H2,1-4H3. The Morgan fingerprint density at radius 1 is 1.56 bits per heavy atom. The lowest BCUT2D eigenvalue weighted by molar-refractivity contribution is 0.0595. The van der Waals surface area contributed by atoms with Gasteiger partial charge in [0.25, 0.3) is 0 Å². The van der Waals surface area contributed by atoms with Gasteiger partial charge < -0.3 is 15.0 Å². The number of rotatable bonds is 6. The number of nitrogens with two attached hydrogens (primary N) is 1. The summed E-state index contributed by atoms with van der Waals surface area (Å²) in [6, 6.07) is 0.218. The minimum absolute atomic E-state index is 0.218. The quantitative estimate of drug-likeness (QED) is 0.803. The Morgan fingerprint density at radius 2 is 2.22 bits per heavy atom. The summed E-state index contributed by atoms with van der Waals surface area (Å²) in [6.07, 6.45) is 0.738. The number of carbonyl (C=O) groups is 1. The highest BCUT2D eigenvalue weighted by Gasteiger charge is 2.22. The number of hydrogen-bond acceptors (Lipinski definition) is 5. The molecule has 0 bridgehead atoms. The summed E-state index contributed by atoms with van der Waals surface area (Å²) >= 11 is 1.84. The molecule has 0 aliphatic carbocycles. The zero-order valence-corrected chi connectivity index (χ0v) is 12.2. The molecule has 0 spiro atoms. The first-order valence-electron chi connectivity index (χ1n) is 6.09. The minimum Gasteiger partial charge on any atom is -0.464 e. The molecule has 0 saturated carbocycles. The second-order valence-electron chi connectivity index (χ2n) is 3.99. The Bertz CT molecular complexity index is 418. The van der Waals surface area contributed by atoms with E-state index < -0.39 is 5.97 Å². The van der Waals surface area contributed by atoms with Crippen molar-refractivity contribution >= 4 is 23.5 Å². The fourth-order valence-electron chi connectivity index (χ4n) is 1.84. The topological polar surface area (TPSA) is 70.1 Å². The number of ether oxygens (including phenoxy) is 1. The third-order valence-electron chi connectivity index (χ3n) is 2.72. The molecule has 0 aliphatic rings. The summed E-state index contributed by atoms with van der Waals surface area (Å²) < 4.78 is 6.63. The van der Waals surface area contributed by atoms with E-state index in [-0.39, 0.29) is 11.7 Å². The molecule has 0 saturated heterocycles. The molecule has 0 fully saturated rings. The molecular formula is C12H21N3O2S. The lowest BCUT2D eigenvalue weighted by atomic mass is 10.3. The van der Waals surface area contributed by atoms with Crippen molar-refractivity contribution in [1.29, 1.82) is 0 Å². The molecule has 1 rings (SSSR count). The SMILES string of the molecule is CCSCC(C)n1c(CC)nc(C(=O)OC)c1N. The van der Waals surface area contributed by atoms with Crippen LogP contribution in [-0.2, 0) is 11.2 Å². The predicted octanol–water partition coefficient (Wildman–Crippen LogP) is 2.13. The summed E-state index contributed by atoms with van der Waals surface area (Å²) in [5, 5.41) is 0. The fourth-order valence-corrected chi connectivity index (χ4v) is 2.57. The molecule has 2 N–H and O–H groups in total. The number of hydrogen-bond donors (Lipinski definition) is 1. The van der Waals surface area contributed by atoms with E-state index >= 15 is 0 Å². The molecule has 1 unspecified atom stereocenters. The van der Waals surface area contributed by atoms with E-state index in [9.17, 15) is 4.79 Å². The molecule has 6 heteroatoms. The molecule has 0 radical (unpaired) electrons. The van der Waals surface area contributed by atoms with Crippen molar-refractivity contribution in [3.63, 3.8) is 0 Å². The molecule has 1 aromatic heterocycles. The molecule has 0 aliphatic heterocycles. The zero-order valence-electron chi connectivity index (χ0n) is 11.4. The average Bonchev–Trinajstić information content (AvgIpc) is 2.72. The van der Waals surface area contributed by atoms with Crippen molar-refractivity contribution in [3.8, 4) is 0 Å². The largest absolute Gasteiger partial charge is 0.464 e. The number of thioether (sulfide) groups is 1. The number of anilines is 1. The summed E-state index contributed by atoms with van der Waals surface area (Å²) in [7, 11) is 1.34. The van der Waals surface area contributed by atoms with Crippen molar-refractivity contribution in [3.05, 3.63) is 11.5 Å². The molecule has 1 heterocycles. The Kier molecular flexibility index (Phi) is 5.53. The Labute approximate surface area is 112 Å². The van der Waals surface area contributed by atoms with Crippen LogP contribution in [0.1, 0.15) is 43.1 Å². The zero-order chi connectivity index (χ0) is 13.7. The highest BCUT2D eigenvalue weighted by molar-refractivity contribution is 7.99. The van der Waals surface area contributed by atoms with Gasteiger partial charge >= 0.3 is 5.97 Å². The van der Waals surface area contributed by atoms with Gasteiger partial charge in [0, 0.05) is 18.2 Å². The van der Waals surface area contributed by atoms with E-state index in [1.807, 2.05) is 23.3 Å². The first-order valence-corrected chi connectivity index (χ1v) is 7.24. The summed E-state index contributed by atoms with van der Waals surface area (Å²) in [4.78, 5) is 15.9. The maximum atomic E-state index is 11.6. The third kappa shape index (κ3) is 2.98. The normalized spacial score (nSPS) is 12.4. The van der Waals surface area contributed by atoms with Crippen molar-refractivity contribution in [2.75, 3.05) is 24.3 Å². The number of aromatic nitrogens is 2. The number of imidazole rings is 1. The molecule has 0 aromatic carbocycles. The molecular weight excluding hydrogens is 250 g/mol. The van der Waals surface area contributed by atoms with Gasteiger partial charge in [-0.25, -0.2) is 9.78 Å². The van der Waals surface area contributed by atoms with Crippen LogP contribution in [0.3, 0.4) is 0 Å². The van der Waals surface area contributed by atoms with Gasteiger partial charge in [-0.3, -0.25) is 0 Å². The predicted molar refractivity (Wildman–Crippen MR) is 75.1 cm³/mol. The van der Waals surface area contributed by atoms with E-state index in [1.54, 1.807) is 0 Å². The van der Waals surface area contributed by atoms with Crippen molar-refractivity contribution in [1.82, 2.24) is 9.55 Å². The molecule has 1 atom stereocenters. The van der Waals surface area contributed by atoms with Crippen molar-refractivity contribution in [2.24, 2.45) is 0 Å².